The predicted octanol–water partition coefficient (Wildman–Crippen LogP) is 4.43. The van der Waals surface area contributed by atoms with E-state index < -0.39 is 10.0 Å². The van der Waals surface area contributed by atoms with Gasteiger partial charge in [-0.3, -0.25) is 4.90 Å². The molecule has 1 fully saturated rings. The van der Waals surface area contributed by atoms with Gasteiger partial charge >= 0.3 is 0 Å². The van der Waals surface area contributed by atoms with Gasteiger partial charge in [-0.05, 0) is 47.4 Å². The number of hydrogen-bond donors (Lipinski definition) is 0. The lowest BCUT2D eigenvalue weighted by atomic mass is 9.74. The number of benzene rings is 3. The highest BCUT2D eigenvalue weighted by molar-refractivity contribution is 7.89. The number of rotatable bonds is 6. The zero-order valence-corrected chi connectivity index (χ0v) is 22.4. The van der Waals surface area contributed by atoms with E-state index in [1.807, 2.05) is 43.3 Å². The number of sulfonamides is 1. The van der Waals surface area contributed by atoms with E-state index in [1.165, 1.54) is 5.56 Å². The molecular formula is C30H32N2O5S. The summed E-state index contributed by atoms with van der Waals surface area (Å²) in [5.41, 5.74) is 4.11. The molecule has 198 valence electrons. The topological polar surface area (TPSA) is 68.3 Å². The van der Waals surface area contributed by atoms with Gasteiger partial charge in [0.25, 0.3) is 0 Å². The van der Waals surface area contributed by atoms with Crippen molar-refractivity contribution in [1.29, 1.82) is 0 Å². The molecule has 0 amide bonds. The van der Waals surface area contributed by atoms with Gasteiger partial charge < -0.3 is 14.2 Å². The molecule has 3 aromatic carbocycles. The van der Waals surface area contributed by atoms with Crippen LogP contribution >= 0.6 is 0 Å². The minimum atomic E-state index is -3.64. The quantitative estimate of drug-likeness (QED) is 0.438. The van der Waals surface area contributed by atoms with Crippen LogP contribution in [0.5, 0.6) is 11.5 Å². The third kappa shape index (κ3) is 4.41. The summed E-state index contributed by atoms with van der Waals surface area (Å²) >= 11 is 0. The first-order valence-corrected chi connectivity index (χ1v) is 14.4. The fourth-order valence-corrected chi connectivity index (χ4v) is 7.58. The van der Waals surface area contributed by atoms with Crippen LogP contribution in [0.2, 0.25) is 0 Å². The maximum absolute atomic E-state index is 13.7. The van der Waals surface area contributed by atoms with Crippen molar-refractivity contribution in [2.75, 3.05) is 40.1 Å². The predicted molar refractivity (Wildman–Crippen MR) is 146 cm³/mol. The normalized spacial score (nSPS) is 24.2. The Kier molecular flexibility index (Phi) is 6.74. The number of hydrogen-bond acceptors (Lipinski definition) is 6. The Balaban J connectivity index is 1.29. The molecule has 3 aliphatic rings. The monoisotopic (exact) mass is 532 g/mol. The Labute approximate surface area is 224 Å². The van der Waals surface area contributed by atoms with Gasteiger partial charge in [0.05, 0.1) is 11.5 Å². The van der Waals surface area contributed by atoms with Gasteiger partial charge in [-0.1, -0.05) is 60.7 Å². The Bertz CT molecular complexity index is 1450. The largest absolute Gasteiger partial charge is 0.454 e. The highest BCUT2D eigenvalue weighted by Crippen LogP contribution is 2.43. The van der Waals surface area contributed by atoms with Crippen LogP contribution in [0.1, 0.15) is 17.0 Å². The SMILES string of the molecule is COC[C@@H]1[C@@H](c2ccc(-c3ccc4c(c3)OCO4)cc2)[C@@H]2CN(S(=O)(=O)c3ccccc3C)C/C=C\CN12. The number of aryl methyl sites for hydroxylation is 1. The molecule has 3 atom stereocenters. The van der Waals surface area contributed by atoms with Gasteiger partial charge in [-0.2, -0.15) is 4.31 Å². The van der Waals surface area contributed by atoms with Crippen LogP contribution < -0.4 is 9.47 Å². The van der Waals surface area contributed by atoms with E-state index in [0.29, 0.717) is 24.6 Å². The second-order valence-corrected chi connectivity index (χ2v) is 12.0. The Morgan fingerprint density at radius 3 is 2.45 bits per heavy atom. The summed E-state index contributed by atoms with van der Waals surface area (Å²) in [6.07, 6.45) is 4.04. The fourth-order valence-electron chi connectivity index (χ4n) is 5.94. The summed E-state index contributed by atoms with van der Waals surface area (Å²) in [5.74, 6) is 1.69. The second kappa shape index (κ2) is 10.2. The van der Waals surface area contributed by atoms with Crippen LogP contribution in [0.15, 0.2) is 83.8 Å². The van der Waals surface area contributed by atoms with Crippen molar-refractivity contribution in [3.63, 3.8) is 0 Å². The van der Waals surface area contributed by atoms with E-state index in [9.17, 15) is 8.42 Å². The van der Waals surface area contributed by atoms with Gasteiger partial charge in [-0.15, -0.1) is 0 Å². The van der Waals surface area contributed by atoms with E-state index in [1.54, 1.807) is 23.5 Å². The molecule has 0 spiro atoms. The van der Waals surface area contributed by atoms with E-state index in [2.05, 4.69) is 35.2 Å². The number of fused-ring (bicyclic) bond motifs is 2. The van der Waals surface area contributed by atoms with E-state index in [0.717, 1.165) is 34.7 Å². The van der Waals surface area contributed by atoms with Gasteiger partial charge in [0, 0.05) is 44.7 Å². The highest BCUT2D eigenvalue weighted by Gasteiger charge is 2.50. The van der Waals surface area contributed by atoms with Crippen molar-refractivity contribution in [3.8, 4) is 22.6 Å². The molecule has 0 radical (unpaired) electrons. The Morgan fingerprint density at radius 1 is 0.921 bits per heavy atom. The van der Waals surface area contributed by atoms with Crippen molar-refractivity contribution in [2.45, 2.75) is 29.8 Å². The van der Waals surface area contributed by atoms with Crippen LogP contribution in [-0.4, -0.2) is 69.9 Å². The van der Waals surface area contributed by atoms with Crippen molar-refractivity contribution in [2.24, 2.45) is 0 Å². The van der Waals surface area contributed by atoms with Crippen LogP contribution in [-0.2, 0) is 14.8 Å². The number of methoxy groups -OCH3 is 1. The highest BCUT2D eigenvalue weighted by atomic mass is 32.2. The molecule has 8 heteroatoms. The molecule has 7 nitrogen and oxygen atoms in total. The van der Waals surface area contributed by atoms with Gasteiger partial charge in [0.15, 0.2) is 11.5 Å². The molecule has 0 bridgehead atoms. The van der Waals surface area contributed by atoms with Gasteiger partial charge in [0.1, 0.15) is 0 Å². The lowest BCUT2D eigenvalue weighted by Crippen LogP contribution is -2.67. The standard InChI is InChI=1S/C30H32N2O5S/c1-21-7-3-4-8-29(21)38(33,34)31-15-5-6-16-32-25(18-31)30(26(32)19-35-2)23-11-9-22(10-12-23)24-13-14-27-28(17-24)37-20-36-27/h3-14,17,25-26,30H,15-16,18-20H2,1-2H3/b6-5-/t25-,26+,30-/m0/s1. The summed E-state index contributed by atoms with van der Waals surface area (Å²) in [5, 5.41) is 0. The first-order valence-electron chi connectivity index (χ1n) is 12.9. The van der Waals surface area contributed by atoms with E-state index >= 15 is 0 Å². The zero-order chi connectivity index (χ0) is 26.3. The summed E-state index contributed by atoms with van der Waals surface area (Å²) in [4.78, 5) is 2.74. The van der Waals surface area contributed by atoms with E-state index in [-0.39, 0.29) is 24.8 Å². The lowest BCUT2D eigenvalue weighted by Gasteiger charge is -2.56. The minimum Gasteiger partial charge on any atom is -0.454 e. The van der Waals surface area contributed by atoms with Crippen LogP contribution in [0.4, 0.5) is 0 Å². The van der Waals surface area contributed by atoms with Crippen molar-refractivity contribution < 1.29 is 22.6 Å². The van der Waals surface area contributed by atoms with Gasteiger partial charge in [0.2, 0.25) is 16.8 Å². The molecule has 1 saturated heterocycles. The first-order chi connectivity index (χ1) is 18.5. The number of ether oxygens (including phenoxy) is 3. The van der Waals surface area contributed by atoms with Crippen molar-refractivity contribution >= 4 is 10.0 Å². The van der Waals surface area contributed by atoms with Crippen LogP contribution in [0.25, 0.3) is 11.1 Å². The minimum absolute atomic E-state index is 0.0512. The summed E-state index contributed by atoms with van der Waals surface area (Å²) in [6.45, 7) is 4.26. The summed E-state index contributed by atoms with van der Waals surface area (Å²) < 4.78 is 45.6. The van der Waals surface area contributed by atoms with Crippen molar-refractivity contribution in [3.05, 3.63) is 90.0 Å². The Hall–Kier alpha value is -3.17. The first kappa shape index (κ1) is 25.1. The second-order valence-electron chi connectivity index (χ2n) is 10.1. The summed E-state index contributed by atoms with van der Waals surface area (Å²) in [7, 11) is -1.91. The molecular weight excluding hydrogens is 500 g/mol. The van der Waals surface area contributed by atoms with Crippen molar-refractivity contribution in [1.82, 2.24) is 9.21 Å². The molecule has 0 saturated carbocycles. The Morgan fingerprint density at radius 2 is 1.66 bits per heavy atom. The molecule has 3 aromatic rings. The third-order valence-electron chi connectivity index (χ3n) is 7.91. The van der Waals surface area contributed by atoms with Crippen LogP contribution in [0.3, 0.4) is 0 Å². The molecule has 3 heterocycles. The molecule has 0 unspecified atom stereocenters. The smallest absolute Gasteiger partial charge is 0.243 e. The maximum atomic E-state index is 13.7. The van der Waals surface area contributed by atoms with E-state index in [4.69, 9.17) is 14.2 Å². The average Bonchev–Trinajstić information content (AvgIpc) is 3.38. The molecule has 0 aromatic heterocycles. The average molecular weight is 533 g/mol. The third-order valence-corrected chi connectivity index (χ3v) is 9.91. The maximum Gasteiger partial charge on any atom is 0.243 e. The van der Waals surface area contributed by atoms with Crippen LogP contribution in [0, 0.1) is 6.92 Å². The molecule has 3 aliphatic heterocycles. The lowest BCUT2D eigenvalue weighted by molar-refractivity contribution is -0.0508. The molecule has 6 rings (SSSR count). The zero-order valence-electron chi connectivity index (χ0n) is 21.6. The molecule has 0 N–H and O–H groups in total. The molecule has 38 heavy (non-hydrogen) atoms. The van der Waals surface area contributed by atoms with Gasteiger partial charge in [-0.25, -0.2) is 8.42 Å². The summed E-state index contributed by atoms with van der Waals surface area (Å²) in [6, 6.07) is 22.0. The number of nitrogens with zero attached hydrogens (tertiary/aromatic N) is 2. The fraction of sp³-hybridized carbons (Fsp3) is 0.333. The molecule has 0 aliphatic carbocycles.